The molecule has 0 saturated carbocycles. The van der Waals surface area contributed by atoms with Gasteiger partial charge in [-0.2, -0.15) is 0 Å². The monoisotopic (exact) mass is 520 g/mol. The van der Waals surface area contributed by atoms with E-state index >= 15 is 0 Å². The van der Waals surface area contributed by atoms with Crippen LogP contribution in [0.2, 0.25) is 0 Å². The number of esters is 3. The molecule has 0 heterocycles. The Labute approximate surface area is 225 Å². The molecule has 0 radical (unpaired) electrons. The third-order valence-corrected chi connectivity index (χ3v) is 4.10. The molecule has 0 fully saturated rings. The average molecular weight is 521 g/mol. The fourth-order valence-corrected chi connectivity index (χ4v) is 2.33. The number of benzene rings is 1. The smallest absolute Gasteiger partial charge is 0.343 e. The molecule has 0 amide bonds. The number of carbonyl (C=O) groups is 3. The molecule has 202 valence electrons. The molecule has 0 bridgehead atoms. The highest BCUT2D eigenvalue weighted by atomic mass is 16.5. The summed E-state index contributed by atoms with van der Waals surface area (Å²) in [4.78, 5) is 35.0. The van der Waals surface area contributed by atoms with E-state index < -0.39 is 17.9 Å². The first-order chi connectivity index (χ1) is 18.2. The predicted octanol–water partition coefficient (Wildman–Crippen LogP) is 6.74. The number of hydrogen-bond donors (Lipinski definition) is 0. The lowest BCUT2D eigenvalue weighted by Crippen LogP contribution is -2.05. The minimum absolute atomic E-state index is 0.0353. The minimum Gasteiger partial charge on any atom is -0.494 e. The van der Waals surface area contributed by atoms with Gasteiger partial charge in [-0.3, -0.25) is 0 Å². The molecule has 0 aliphatic carbocycles. The summed E-state index contributed by atoms with van der Waals surface area (Å²) in [5.74, 6) is -1.05. The van der Waals surface area contributed by atoms with Gasteiger partial charge in [0, 0.05) is 12.2 Å². The lowest BCUT2D eigenvalue weighted by atomic mass is 10.2. The first kappa shape index (κ1) is 33.4. The first-order valence-electron chi connectivity index (χ1n) is 11.9. The van der Waals surface area contributed by atoms with Gasteiger partial charge in [0.2, 0.25) is 0 Å². The fourth-order valence-electron chi connectivity index (χ4n) is 2.33. The molecule has 7 heteroatoms. The zero-order valence-corrected chi connectivity index (χ0v) is 22.1. The Kier molecular flexibility index (Phi) is 18.0. The highest BCUT2D eigenvalue weighted by Crippen LogP contribution is 2.15. The van der Waals surface area contributed by atoms with Gasteiger partial charge >= 0.3 is 17.9 Å². The molecule has 0 aromatic heterocycles. The number of hydrogen-bond acceptors (Lipinski definition) is 7. The van der Waals surface area contributed by atoms with Crippen molar-refractivity contribution in [2.24, 2.45) is 0 Å². The lowest BCUT2D eigenvalue weighted by molar-refractivity contribution is -0.138. The molecule has 1 aromatic carbocycles. The van der Waals surface area contributed by atoms with E-state index in [0.717, 1.165) is 6.08 Å². The number of unbranched alkanes of at least 4 members (excludes halogenated alkanes) is 1. The molecule has 0 unspecified atom stereocenters. The van der Waals surface area contributed by atoms with Crippen LogP contribution in [0.25, 0.3) is 0 Å². The van der Waals surface area contributed by atoms with Crippen molar-refractivity contribution in [3.8, 4) is 5.75 Å². The molecule has 7 nitrogen and oxygen atoms in total. The Bertz CT molecular complexity index is 1070. The molecular weight excluding hydrogens is 484 g/mol. The van der Waals surface area contributed by atoms with Crippen molar-refractivity contribution >= 4 is 17.9 Å². The molecule has 0 N–H and O–H groups in total. The van der Waals surface area contributed by atoms with E-state index in [1.807, 2.05) is 13.8 Å². The van der Waals surface area contributed by atoms with Crippen molar-refractivity contribution in [1.29, 1.82) is 0 Å². The average Bonchev–Trinajstić information content (AvgIpc) is 2.92. The molecule has 0 aliphatic heterocycles. The second kappa shape index (κ2) is 20.5. The van der Waals surface area contributed by atoms with Crippen LogP contribution in [0.5, 0.6) is 5.75 Å². The fraction of sp³-hybridized carbons (Fsp3) is 0.194. The first-order valence-corrected chi connectivity index (χ1v) is 11.9. The molecule has 0 saturated heterocycles. The van der Waals surface area contributed by atoms with Crippen LogP contribution in [0.3, 0.4) is 0 Å². The normalized spacial score (nSPS) is 10.3. The SMILES string of the molecule is C=C/C=C\C(=C)/C=C/C(=O)OC(=C)/C=C\C(=C)OC(=O)c1ccc(OCCCCOC(=O)C=C)cc1.CC. The third-order valence-electron chi connectivity index (χ3n) is 4.10. The summed E-state index contributed by atoms with van der Waals surface area (Å²) < 4.78 is 20.7. The summed E-state index contributed by atoms with van der Waals surface area (Å²) in [6.07, 6.45) is 12.8. The van der Waals surface area contributed by atoms with Gasteiger partial charge in [-0.25, -0.2) is 14.4 Å². The summed E-state index contributed by atoms with van der Waals surface area (Å²) in [6, 6.07) is 6.41. The standard InChI is InChI=1S/C29H30O7.C2H6/c1-6-8-11-22(3)12-19-28(31)35-23(4)13-14-24(5)36-29(32)25-15-17-26(18-16-25)33-20-9-10-21-34-27(30)7-2;1-2/h6-8,11-19H,1-5,9-10,20-21H2;1-2H3/b11-8-,14-13-,19-12+;. The van der Waals surface area contributed by atoms with Crippen LogP contribution < -0.4 is 4.74 Å². The maximum Gasteiger partial charge on any atom is 0.343 e. The van der Waals surface area contributed by atoms with Gasteiger partial charge < -0.3 is 18.9 Å². The Hall–Kier alpha value is -4.65. The molecule has 0 aliphatic rings. The van der Waals surface area contributed by atoms with Crippen LogP contribution in [-0.4, -0.2) is 31.1 Å². The van der Waals surface area contributed by atoms with E-state index in [-0.39, 0.29) is 11.5 Å². The highest BCUT2D eigenvalue weighted by Gasteiger charge is 2.09. The Morgan fingerprint density at radius 2 is 1.37 bits per heavy atom. The maximum atomic E-state index is 12.3. The van der Waals surface area contributed by atoms with Crippen molar-refractivity contribution in [3.05, 3.63) is 128 Å². The van der Waals surface area contributed by atoms with E-state index in [2.05, 4.69) is 32.9 Å². The number of carbonyl (C=O) groups excluding carboxylic acids is 3. The van der Waals surface area contributed by atoms with Crippen LogP contribution in [0.1, 0.15) is 37.0 Å². The van der Waals surface area contributed by atoms with Gasteiger partial charge in [0.05, 0.1) is 18.8 Å². The van der Waals surface area contributed by atoms with Crippen molar-refractivity contribution in [3.63, 3.8) is 0 Å². The van der Waals surface area contributed by atoms with Crippen molar-refractivity contribution in [2.45, 2.75) is 26.7 Å². The van der Waals surface area contributed by atoms with Crippen LogP contribution in [0.15, 0.2) is 123 Å². The van der Waals surface area contributed by atoms with E-state index in [0.29, 0.717) is 42.9 Å². The molecule has 38 heavy (non-hydrogen) atoms. The maximum absolute atomic E-state index is 12.3. The predicted molar refractivity (Wildman–Crippen MR) is 150 cm³/mol. The molecular formula is C31H36O7. The zero-order chi connectivity index (χ0) is 28.8. The van der Waals surface area contributed by atoms with Gasteiger partial charge in [0.25, 0.3) is 0 Å². The zero-order valence-electron chi connectivity index (χ0n) is 22.1. The van der Waals surface area contributed by atoms with Gasteiger partial charge in [0.1, 0.15) is 17.3 Å². The summed E-state index contributed by atoms with van der Waals surface area (Å²) in [5, 5.41) is 0. The van der Waals surface area contributed by atoms with Gasteiger partial charge in [-0.1, -0.05) is 65.0 Å². The molecule has 0 spiro atoms. The second-order valence-electron chi connectivity index (χ2n) is 7.03. The number of ether oxygens (including phenoxy) is 4. The topological polar surface area (TPSA) is 88.1 Å². The highest BCUT2D eigenvalue weighted by molar-refractivity contribution is 5.90. The quantitative estimate of drug-likeness (QED) is 0.0596. The van der Waals surface area contributed by atoms with Crippen molar-refractivity contribution < 1.29 is 33.3 Å². The Morgan fingerprint density at radius 1 is 0.763 bits per heavy atom. The number of rotatable bonds is 16. The van der Waals surface area contributed by atoms with Crippen molar-refractivity contribution in [2.75, 3.05) is 13.2 Å². The van der Waals surface area contributed by atoms with E-state index in [1.54, 1.807) is 42.5 Å². The summed E-state index contributed by atoms with van der Waals surface area (Å²) >= 11 is 0. The van der Waals surface area contributed by atoms with Crippen LogP contribution in [0, 0.1) is 0 Å². The Balaban J connectivity index is 0.00000667. The largest absolute Gasteiger partial charge is 0.494 e. The van der Waals surface area contributed by atoms with Crippen LogP contribution in [0.4, 0.5) is 0 Å². The van der Waals surface area contributed by atoms with Gasteiger partial charge in [0.15, 0.2) is 0 Å². The van der Waals surface area contributed by atoms with Crippen LogP contribution in [-0.2, 0) is 23.8 Å². The summed E-state index contributed by atoms with van der Waals surface area (Å²) in [5.41, 5.74) is 0.894. The lowest BCUT2D eigenvalue weighted by Gasteiger charge is -2.08. The van der Waals surface area contributed by atoms with Gasteiger partial charge in [-0.15, -0.1) is 0 Å². The second-order valence-corrected chi connectivity index (χ2v) is 7.03. The summed E-state index contributed by atoms with van der Waals surface area (Å²) in [7, 11) is 0. The van der Waals surface area contributed by atoms with Gasteiger partial charge in [-0.05, 0) is 60.9 Å². The van der Waals surface area contributed by atoms with Crippen LogP contribution >= 0.6 is 0 Å². The molecule has 0 atom stereocenters. The number of allylic oxidation sites excluding steroid dienone is 7. The third kappa shape index (κ3) is 16.1. The van der Waals surface area contributed by atoms with E-state index in [9.17, 15) is 14.4 Å². The summed E-state index contributed by atoms with van der Waals surface area (Å²) in [6.45, 7) is 22.6. The van der Waals surface area contributed by atoms with Crippen molar-refractivity contribution in [1.82, 2.24) is 0 Å². The Morgan fingerprint density at radius 3 is 1.97 bits per heavy atom. The molecule has 1 rings (SSSR count). The molecule has 1 aromatic rings. The van der Waals surface area contributed by atoms with E-state index in [4.69, 9.17) is 18.9 Å². The van der Waals surface area contributed by atoms with E-state index in [1.165, 1.54) is 24.3 Å². The minimum atomic E-state index is -0.640.